The maximum absolute atomic E-state index is 12.9. The molecule has 0 atom stereocenters. The third-order valence-electron chi connectivity index (χ3n) is 5.94. The lowest BCUT2D eigenvalue weighted by Crippen LogP contribution is -2.50. The number of hydrogen-bond acceptors (Lipinski definition) is 8. The van der Waals surface area contributed by atoms with Crippen LogP contribution in [-0.2, 0) is 0 Å². The highest BCUT2D eigenvalue weighted by atomic mass is 16.5. The van der Waals surface area contributed by atoms with Crippen LogP contribution in [0.4, 0.5) is 16.3 Å². The van der Waals surface area contributed by atoms with Gasteiger partial charge in [0.25, 0.3) is 0 Å². The van der Waals surface area contributed by atoms with Crippen molar-refractivity contribution in [1.82, 2.24) is 24.4 Å². The van der Waals surface area contributed by atoms with Gasteiger partial charge < -0.3 is 29.3 Å². The first-order valence-electron chi connectivity index (χ1n) is 10.9. The zero-order valence-electron chi connectivity index (χ0n) is 20.0. The van der Waals surface area contributed by atoms with E-state index in [-0.39, 0.29) is 6.03 Å². The first-order chi connectivity index (χ1) is 16.4. The molecule has 0 spiro atoms. The molecule has 1 aliphatic rings. The third kappa shape index (κ3) is 4.54. The van der Waals surface area contributed by atoms with Gasteiger partial charge in [-0.05, 0) is 13.8 Å². The van der Waals surface area contributed by atoms with Gasteiger partial charge in [-0.25, -0.2) is 19.7 Å². The van der Waals surface area contributed by atoms with Crippen LogP contribution in [-0.4, -0.2) is 78.0 Å². The monoisotopic (exact) mass is 467 g/mol. The van der Waals surface area contributed by atoms with Crippen LogP contribution in [0.1, 0.15) is 11.4 Å². The summed E-state index contributed by atoms with van der Waals surface area (Å²) in [6.45, 7) is 6.39. The average molecular weight is 468 g/mol. The summed E-state index contributed by atoms with van der Waals surface area (Å²) in [5.74, 6) is 3.02. The van der Waals surface area contributed by atoms with Crippen molar-refractivity contribution in [2.75, 3.05) is 57.7 Å². The van der Waals surface area contributed by atoms with Crippen LogP contribution >= 0.6 is 0 Å². The van der Waals surface area contributed by atoms with Crippen molar-refractivity contribution in [2.24, 2.45) is 0 Å². The minimum atomic E-state index is -0.193. The maximum atomic E-state index is 12.9. The van der Waals surface area contributed by atoms with E-state index in [4.69, 9.17) is 14.2 Å². The molecule has 4 rings (SSSR count). The lowest BCUT2D eigenvalue weighted by atomic mass is 10.2. The van der Waals surface area contributed by atoms with Gasteiger partial charge in [0.1, 0.15) is 24.3 Å². The molecule has 11 heteroatoms. The Bertz CT molecular complexity index is 1150. The van der Waals surface area contributed by atoms with Gasteiger partial charge in [0, 0.05) is 50.1 Å². The predicted molar refractivity (Wildman–Crippen MR) is 128 cm³/mol. The van der Waals surface area contributed by atoms with Crippen molar-refractivity contribution in [3.63, 3.8) is 0 Å². The van der Waals surface area contributed by atoms with Crippen LogP contribution in [0.15, 0.2) is 30.9 Å². The van der Waals surface area contributed by atoms with Crippen molar-refractivity contribution in [3.05, 3.63) is 42.2 Å². The van der Waals surface area contributed by atoms with Crippen molar-refractivity contribution < 1.29 is 19.0 Å². The summed E-state index contributed by atoms with van der Waals surface area (Å²) in [4.78, 5) is 30.0. The van der Waals surface area contributed by atoms with Crippen LogP contribution < -0.4 is 24.4 Å². The summed E-state index contributed by atoms with van der Waals surface area (Å²) in [7, 11) is 4.61. The second kappa shape index (κ2) is 9.86. The number of urea groups is 1. The number of aryl methyl sites for hydroxylation is 1. The second-order valence-electron chi connectivity index (χ2n) is 7.84. The van der Waals surface area contributed by atoms with Crippen LogP contribution in [0.25, 0.3) is 5.82 Å². The van der Waals surface area contributed by atoms with Crippen molar-refractivity contribution >= 4 is 17.5 Å². The van der Waals surface area contributed by atoms with E-state index >= 15 is 0 Å². The van der Waals surface area contributed by atoms with Gasteiger partial charge in [0.05, 0.1) is 32.7 Å². The van der Waals surface area contributed by atoms with E-state index < -0.39 is 0 Å². The van der Waals surface area contributed by atoms with Crippen molar-refractivity contribution in [1.29, 1.82) is 0 Å². The Balaban J connectivity index is 1.41. The van der Waals surface area contributed by atoms with Crippen molar-refractivity contribution in [3.8, 4) is 23.1 Å². The van der Waals surface area contributed by atoms with Crippen LogP contribution in [0.3, 0.4) is 0 Å². The number of methoxy groups -OCH3 is 3. The van der Waals surface area contributed by atoms with E-state index in [0.29, 0.717) is 49.1 Å². The molecule has 1 fully saturated rings. The van der Waals surface area contributed by atoms with Gasteiger partial charge in [0.2, 0.25) is 5.75 Å². The van der Waals surface area contributed by atoms with Gasteiger partial charge in [-0.3, -0.25) is 4.57 Å². The Morgan fingerprint density at radius 3 is 2.09 bits per heavy atom. The number of hydrogen-bond donors (Lipinski definition) is 1. The number of carbonyl (C=O) groups is 1. The number of piperazine rings is 1. The number of imidazole rings is 1. The highest BCUT2D eigenvalue weighted by Gasteiger charge is 2.23. The standard InChI is InChI=1S/C23H29N7O4/c1-15-16(2)30(14-26-15)21-12-20(24-13-25-21)28-6-8-29(9-7-28)23(31)27-17-10-18(32-3)22(34-5)19(11-17)33-4/h10-14H,6-9H2,1-5H3,(H,27,31). The van der Waals surface area contributed by atoms with E-state index in [1.165, 1.54) is 21.3 Å². The number of rotatable bonds is 6. The summed E-state index contributed by atoms with van der Waals surface area (Å²) in [5, 5.41) is 2.92. The van der Waals surface area contributed by atoms with Gasteiger partial charge in [0.15, 0.2) is 11.5 Å². The average Bonchev–Trinajstić information content (AvgIpc) is 3.21. The van der Waals surface area contributed by atoms with Gasteiger partial charge in [-0.2, -0.15) is 0 Å². The molecule has 3 heterocycles. The maximum Gasteiger partial charge on any atom is 0.321 e. The van der Waals surface area contributed by atoms with E-state index in [2.05, 4.69) is 25.2 Å². The minimum Gasteiger partial charge on any atom is -0.493 e. The molecule has 1 aromatic carbocycles. The van der Waals surface area contributed by atoms with Crippen LogP contribution in [0, 0.1) is 13.8 Å². The molecule has 2 amide bonds. The fourth-order valence-electron chi connectivity index (χ4n) is 3.87. The van der Waals surface area contributed by atoms with Gasteiger partial charge in [-0.15, -0.1) is 0 Å². The molecule has 3 aromatic rings. The summed E-state index contributed by atoms with van der Waals surface area (Å²) in [6.07, 6.45) is 3.32. The first kappa shape index (κ1) is 23.1. The fourth-order valence-corrected chi connectivity index (χ4v) is 3.87. The lowest BCUT2D eigenvalue weighted by molar-refractivity contribution is 0.208. The quantitative estimate of drug-likeness (QED) is 0.590. The normalized spacial score (nSPS) is 13.6. The Morgan fingerprint density at radius 2 is 1.53 bits per heavy atom. The Morgan fingerprint density at radius 1 is 0.882 bits per heavy atom. The summed E-state index contributed by atoms with van der Waals surface area (Å²) in [5.41, 5.74) is 2.57. The summed E-state index contributed by atoms with van der Waals surface area (Å²) in [6, 6.07) is 5.16. The van der Waals surface area contributed by atoms with E-state index in [1.54, 1.807) is 29.7 Å². The molecule has 0 radical (unpaired) electrons. The van der Waals surface area contributed by atoms with E-state index in [1.807, 2.05) is 24.5 Å². The highest BCUT2D eigenvalue weighted by Crippen LogP contribution is 2.40. The lowest BCUT2D eigenvalue weighted by Gasteiger charge is -2.35. The molecule has 1 aliphatic heterocycles. The van der Waals surface area contributed by atoms with E-state index in [9.17, 15) is 4.79 Å². The number of carbonyl (C=O) groups excluding carboxylic acids is 1. The molecule has 0 saturated carbocycles. The largest absolute Gasteiger partial charge is 0.493 e. The van der Waals surface area contributed by atoms with E-state index in [0.717, 1.165) is 23.0 Å². The SMILES string of the molecule is COc1cc(NC(=O)N2CCN(c3cc(-n4cnc(C)c4C)ncn3)CC2)cc(OC)c1OC. The van der Waals surface area contributed by atoms with Crippen molar-refractivity contribution in [2.45, 2.75) is 13.8 Å². The van der Waals surface area contributed by atoms with Gasteiger partial charge in [-0.1, -0.05) is 0 Å². The third-order valence-corrected chi connectivity index (χ3v) is 5.94. The van der Waals surface area contributed by atoms with Crippen LogP contribution in [0.2, 0.25) is 0 Å². The molecule has 2 aromatic heterocycles. The molecular formula is C23H29N7O4. The molecule has 11 nitrogen and oxygen atoms in total. The topological polar surface area (TPSA) is 107 Å². The zero-order valence-corrected chi connectivity index (χ0v) is 20.0. The number of aromatic nitrogens is 4. The molecule has 34 heavy (non-hydrogen) atoms. The number of anilines is 2. The molecule has 1 N–H and O–H groups in total. The first-order valence-corrected chi connectivity index (χ1v) is 10.9. The number of nitrogens with zero attached hydrogens (tertiary/aromatic N) is 6. The Labute approximate surface area is 198 Å². The molecule has 1 saturated heterocycles. The number of amides is 2. The van der Waals surface area contributed by atoms with Crippen LogP contribution in [0.5, 0.6) is 17.2 Å². The molecule has 0 bridgehead atoms. The molecule has 0 unspecified atom stereocenters. The number of ether oxygens (including phenoxy) is 3. The zero-order chi connectivity index (χ0) is 24.2. The summed E-state index contributed by atoms with van der Waals surface area (Å²) < 4.78 is 18.0. The summed E-state index contributed by atoms with van der Waals surface area (Å²) >= 11 is 0. The van der Waals surface area contributed by atoms with Gasteiger partial charge >= 0.3 is 6.03 Å². The molecular weight excluding hydrogens is 438 g/mol. The highest BCUT2D eigenvalue weighted by molar-refractivity contribution is 5.90. The fraction of sp³-hybridized carbons (Fsp3) is 0.391. The number of benzene rings is 1. The predicted octanol–water partition coefficient (Wildman–Crippen LogP) is 2.66. The second-order valence-corrected chi connectivity index (χ2v) is 7.84. The molecule has 0 aliphatic carbocycles. The molecule has 180 valence electrons. The number of nitrogens with one attached hydrogen (secondary N) is 1. The minimum absolute atomic E-state index is 0.193. The smallest absolute Gasteiger partial charge is 0.321 e. The Kier molecular flexibility index (Phi) is 6.71. The Hall–Kier alpha value is -4.02.